The van der Waals surface area contributed by atoms with Gasteiger partial charge in [0.05, 0.1) is 6.54 Å². The lowest BCUT2D eigenvalue weighted by atomic mass is 10.0. The van der Waals surface area contributed by atoms with Gasteiger partial charge in [-0.15, -0.1) is 0 Å². The number of benzene rings is 3. The van der Waals surface area contributed by atoms with E-state index in [1.807, 2.05) is 48.5 Å². The number of amides is 5. The fraction of sp³-hybridized carbons (Fsp3) is 0.120. The van der Waals surface area contributed by atoms with Gasteiger partial charge in [-0.25, -0.2) is 9.69 Å². The Kier molecular flexibility index (Phi) is 6.07. The summed E-state index contributed by atoms with van der Waals surface area (Å²) in [6.45, 7) is -0.559. The molecule has 0 bridgehead atoms. The molecule has 0 aromatic heterocycles. The van der Waals surface area contributed by atoms with Crippen LogP contribution in [0.2, 0.25) is 0 Å². The molecule has 32 heavy (non-hydrogen) atoms. The third-order valence-electron chi connectivity index (χ3n) is 5.15. The van der Waals surface area contributed by atoms with Gasteiger partial charge < -0.3 is 5.32 Å². The largest absolute Gasteiger partial charge is 0.335 e. The molecule has 1 aliphatic heterocycles. The van der Waals surface area contributed by atoms with Gasteiger partial charge in [0, 0.05) is 5.69 Å². The zero-order valence-corrected chi connectivity index (χ0v) is 17.2. The van der Waals surface area contributed by atoms with E-state index in [9.17, 15) is 19.2 Å². The minimum Gasteiger partial charge on any atom is -0.324 e. The van der Waals surface area contributed by atoms with E-state index < -0.39 is 30.3 Å². The Hall–Kier alpha value is -4.26. The lowest BCUT2D eigenvalue weighted by molar-refractivity contribution is -0.143. The molecule has 0 aliphatic carbocycles. The van der Waals surface area contributed by atoms with Crippen LogP contribution >= 0.6 is 0 Å². The summed E-state index contributed by atoms with van der Waals surface area (Å²) in [5, 5.41) is 2.76. The average Bonchev–Trinajstić information content (AvgIpc) is 3.00. The maximum absolute atomic E-state index is 12.7. The molecular weight excluding hydrogens is 406 g/mol. The number of urea groups is 1. The Bertz CT molecular complexity index is 1160. The highest BCUT2D eigenvalue weighted by atomic mass is 16.2. The van der Waals surface area contributed by atoms with E-state index in [0.717, 1.165) is 16.0 Å². The second-order valence-corrected chi connectivity index (χ2v) is 7.42. The van der Waals surface area contributed by atoms with Crippen LogP contribution in [0, 0.1) is 0 Å². The molecular formula is C25H21N3O4. The minimum absolute atomic E-state index is 0.0255. The van der Waals surface area contributed by atoms with Crippen molar-refractivity contribution in [1.82, 2.24) is 9.80 Å². The molecule has 1 saturated heterocycles. The first kappa shape index (κ1) is 21.0. The van der Waals surface area contributed by atoms with Gasteiger partial charge in [0.25, 0.3) is 0 Å². The van der Waals surface area contributed by atoms with E-state index in [0.29, 0.717) is 22.6 Å². The number of nitrogens with zero attached hydrogens (tertiary/aromatic N) is 2. The molecule has 1 N–H and O–H groups in total. The number of carbonyl (C=O) groups excluding carboxylic acids is 4. The zero-order chi connectivity index (χ0) is 22.5. The van der Waals surface area contributed by atoms with Crippen molar-refractivity contribution >= 4 is 29.4 Å². The first-order valence-corrected chi connectivity index (χ1v) is 10.2. The van der Waals surface area contributed by atoms with Crippen molar-refractivity contribution in [2.75, 3.05) is 11.9 Å². The van der Waals surface area contributed by atoms with Crippen molar-refractivity contribution in [2.24, 2.45) is 0 Å². The molecule has 1 heterocycles. The number of para-hydroxylation sites is 1. The molecule has 4 rings (SSSR count). The molecule has 0 saturated carbocycles. The van der Waals surface area contributed by atoms with Crippen LogP contribution in [0.25, 0.3) is 0 Å². The highest BCUT2D eigenvalue weighted by Gasteiger charge is 2.45. The topological polar surface area (TPSA) is 86.8 Å². The first-order valence-electron chi connectivity index (χ1n) is 10.2. The molecule has 5 amide bonds. The molecule has 7 heteroatoms. The highest BCUT2D eigenvalue weighted by Crippen LogP contribution is 2.20. The smallest absolute Gasteiger partial charge is 0.324 e. The fourth-order valence-corrected chi connectivity index (χ4v) is 3.54. The lowest BCUT2D eigenvalue weighted by Gasteiger charge is -2.16. The van der Waals surface area contributed by atoms with E-state index >= 15 is 0 Å². The Morgan fingerprint density at radius 2 is 1.25 bits per heavy atom. The summed E-state index contributed by atoms with van der Waals surface area (Å²) in [5.41, 5.74) is 3.28. The lowest BCUT2D eigenvalue weighted by Crippen LogP contribution is -2.39. The summed E-state index contributed by atoms with van der Waals surface area (Å²) >= 11 is 0. The molecule has 1 fully saturated rings. The van der Waals surface area contributed by atoms with Crippen LogP contribution in [0.4, 0.5) is 10.5 Å². The monoisotopic (exact) mass is 427 g/mol. The molecule has 0 radical (unpaired) electrons. The minimum atomic E-state index is -1.00. The van der Waals surface area contributed by atoms with E-state index in [4.69, 9.17) is 0 Å². The Labute approximate surface area is 185 Å². The second kappa shape index (κ2) is 9.26. The molecule has 160 valence electrons. The van der Waals surface area contributed by atoms with Crippen molar-refractivity contribution in [2.45, 2.75) is 13.0 Å². The van der Waals surface area contributed by atoms with E-state index in [1.54, 1.807) is 36.4 Å². The number of hydrogen-bond acceptors (Lipinski definition) is 4. The van der Waals surface area contributed by atoms with Crippen LogP contribution in [-0.4, -0.2) is 40.1 Å². The van der Waals surface area contributed by atoms with E-state index in [2.05, 4.69) is 5.32 Å². The standard InChI is InChI=1S/C25H21N3O4/c29-22(26-21-14-8-7-13-20(21)15-18-9-3-1-4-10-18)17-28-24(31)23(30)27(25(28)32)16-19-11-5-2-6-12-19/h1-14H,15-17H2,(H,26,29). The molecule has 0 spiro atoms. The van der Waals surface area contributed by atoms with E-state index in [-0.39, 0.29) is 6.54 Å². The van der Waals surface area contributed by atoms with Crippen molar-refractivity contribution in [3.63, 3.8) is 0 Å². The molecule has 0 atom stereocenters. The quantitative estimate of drug-likeness (QED) is 0.463. The molecule has 3 aromatic carbocycles. The third-order valence-corrected chi connectivity index (χ3v) is 5.15. The van der Waals surface area contributed by atoms with Gasteiger partial charge in [0.15, 0.2) is 0 Å². The molecule has 7 nitrogen and oxygen atoms in total. The summed E-state index contributed by atoms with van der Waals surface area (Å²) in [4.78, 5) is 51.5. The highest BCUT2D eigenvalue weighted by molar-refractivity contribution is 6.45. The van der Waals surface area contributed by atoms with Crippen molar-refractivity contribution in [1.29, 1.82) is 0 Å². The molecule has 3 aromatic rings. The van der Waals surface area contributed by atoms with Crippen LogP contribution in [0.3, 0.4) is 0 Å². The van der Waals surface area contributed by atoms with Gasteiger partial charge in [0.2, 0.25) is 5.91 Å². The van der Waals surface area contributed by atoms with Crippen LogP contribution < -0.4 is 5.32 Å². The predicted octanol–water partition coefficient (Wildman–Crippen LogP) is 3.21. The van der Waals surface area contributed by atoms with Crippen molar-refractivity contribution < 1.29 is 19.2 Å². The van der Waals surface area contributed by atoms with Gasteiger partial charge in [-0.2, -0.15) is 0 Å². The zero-order valence-electron chi connectivity index (χ0n) is 17.2. The van der Waals surface area contributed by atoms with Gasteiger partial charge in [-0.1, -0.05) is 78.9 Å². The molecule has 0 unspecified atom stereocenters. The maximum atomic E-state index is 12.7. The summed E-state index contributed by atoms with van der Waals surface area (Å²) in [6.07, 6.45) is 0.613. The van der Waals surface area contributed by atoms with Crippen LogP contribution in [0.15, 0.2) is 84.9 Å². The Balaban J connectivity index is 1.44. The summed E-state index contributed by atoms with van der Waals surface area (Å²) in [6, 6.07) is 25.2. The third kappa shape index (κ3) is 4.57. The first-order chi connectivity index (χ1) is 15.5. The summed E-state index contributed by atoms with van der Waals surface area (Å²) in [7, 11) is 0. The average molecular weight is 427 g/mol. The van der Waals surface area contributed by atoms with Gasteiger partial charge in [-0.05, 0) is 29.2 Å². The second-order valence-electron chi connectivity index (χ2n) is 7.42. The Morgan fingerprint density at radius 1 is 0.688 bits per heavy atom. The van der Waals surface area contributed by atoms with Crippen molar-refractivity contribution in [3.05, 3.63) is 102 Å². The number of hydrogen-bond donors (Lipinski definition) is 1. The SMILES string of the molecule is O=C(CN1C(=O)C(=O)N(Cc2ccccc2)C1=O)Nc1ccccc1Cc1ccccc1. The van der Waals surface area contributed by atoms with Gasteiger partial charge >= 0.3 is 17.8 Å². The van der Waals surface area contributed by atoms with Crippen LogP contribution in [-0.2, 0) is 27.3 Å². The normalized spacial score (nSPS) is 13.6. The maximum Gasteiger partial charge on any atom is 0.335 e. The summed E-state index contributed by atoms with van der Waals surface area (Å²) < 4.78 is 0. The summed E-state index contributed by atoms with van der Waals surface area (Å²) in [5.74, 6) is -2.49. The number of nitrogens with one attached hydrogen (secondary N) is 1. The van der Waals surface area contributed by atoms with Crippen molar-refractivity contribution in [3.8, 4) is 0 Å². The number of rotatable bonds is 7. The molecule has 1 aliphatic rings. The van der Waals surface area contributed by atoms with Crippen LogP contribution in [0.5, 0.6) is 0 Å². The van der Waals surface area contributed by atoms with Gasteiger partial charge in [0.1, 0.15) is 6.54 Å². The van der Waals surface area contributed by atoms with E-state index in [1.165, 1.54) is 0 Å². The van der Waals surface area contributed by atoms with Crippen LogP contribution in [0.1, 0.15) is 16.7 Å². The predicted molar refractivity (Wildman–Crippen MR) is 118 cm³/mol. The fourth-order valence-electron chi connectivity index (χ4n) is 3.54. The Morgan fingerprint density at radius 3 is 1.94 bits per heavy atom. The number of anilines is 1. The number of imide groups is 2. The van der Waals surface area contributed by atoms with Gasteiger partial charge in [-0.3, -0.25) is 19.3 Å². The number of carbonyl (C=O) groups is 4.